The Hall–Kier alpha value is -6.81. The Morgan fingerprint density at radius 3 is 0.638 bits per heavy atom. The molecule has 0 saturated carbocycles. The minimum atomic E-state index is -1.40. The Bertz CT molecular complexity index is 2030. The second-order valence-electron chi connectivity index (χ2n) is 13.0. The van der Waals surface area contributed by atoms with Crippen molar-refractivity contribution >= 4 is 47.8 Å². The van der Waals surface area contributed by atoms with Gasteiger partial charge in [0.25, 0.3) is 0 Å². The molecule has 0 aliphatic rings. The Morgan fingerprint density at radius 2 is 0.507 bits per heavy atom. The summed E-state index contributed by atoms with van der Waals surface area (Å²) in [7, 11) is 0. The summed E-state index contributed by atoms with van der Waals surface area (Å²) in [5.74, 6) is -8.92. The maximum atomic E-state index is 11.6. The van der Waals surface area contributed by atoms with Crippen molar-refractivity contribution in [3.63, 3.8) is 0 Å². The van der Waals surface area contributed by atoms with Crippen molar-refractivity contribution in [3.05, 3.63) is 140 Å². The fourth-order valence-corrected chi connectivity index (χ4v) is 5.85. The van der Waals surface area contributed by atoms with Gasteiger partial charge in [0.2, 0.25) is 0 Å². The molecule has 0 heterocycles. The van der Waals surface area contributed by atoms with E-state index in [1.165, 1.54) is 24.3 Å². The Balaban J connectivity index is 0.000000889. The van der Waals surface area contributed by atoms with E-state index < -0.39 is 47.8 Å². The van der Waals surface area contributed by atoms with E-state index in [1.54, 1.807) is 104 Å². The average Bonchev–Trinajstić information content (AvgIpc) is 3.34. The summed E-state index contributed by atoms with van der Waals surface area (Å²) in [6.45, 7) is 14.5. The molecule has 0 fully saturated rings. The topological polar surface area (TPSA) is 303 Å². The van der Waals surface area contributed by atoms with Crippen LogP contribution in [0.25, 0.3) is 0 Å². The normalized spacial score (nSPS) is 9.86. The molecule has 4 aromatic carbocycles. The molecule has 0 amide bonds. The third kappa shape index (κ3) is 19.4. The van der Waals surface area contributed by atoms with Gasteiger partial charge in [-0.1, -0.05) is 76.2 Å². The molecule has 0 atom stereocenters. The number of hydrogen-bond donors (Lipinski definition) is 0. The van der Waals surface area contributed by atoms with E-state index in [0.717, 1.165) is 0 Å². The maximum Gasteiger partial charge on any atom is 4.00 e. The van der Waals surface area contributed by atoms with Gasteiger partial charge in [0, 0.05) is 22.3 Å². The van der Waals surface area contributed by atoms with Gasteiger partial charge in [-0.3, -0.25) is 19.6 Å². The summed E-state index contributed by atoms with van der Waals surface area (Å²) in [6, 6.07) is 18.3. The number of aromatic carboxylic acids is 4. The summed E-state index contributed by atoms with van der Waals surface area (Å²) >= 11 is 0. The molecule has 0 unspecified atom stereocenters. The first-order valence-electron chi connectivity index (χ1n) is 21.1. The fraction of sp³-hybridized carbons (Fsp3) is 0.333. The van der Waals surface area contributed by atoms with Crippen LogP contribution in [-0.2, 0) is 86.5 Å². The number of benzene rings is 4. The summed E-state index contributed by atoms with van der Waals surface area (Å²) in [4.78, 5) is 126. The second-order valence-corrected chi connectivity index (χ2v) is 13.0. The second kappa shape index (κ2) is 33.6. The van der Waals surface area contributed by atoms with Crippen LogP contribution < -0.4 is 20.4 Å². The molecule has 0 N–H and O–H groups in total. The van der Waals surface area contributed by atoms with Crippen molar-refractivity contribution in [1.82, 2.24) is 0 Å². The summed E-state index contributed by atoms with van der Waals surface area (Å²) in [6.07, 6.45) is 1.94. The van der Waals surface area contributed by atoms with E-state index >= 15 is 0 Å². The van der Waals surface area contributed by atoms with E-state index in [4.69, 9.17) is 0 Å². The molecule has 21 heteroatoms. The Morgan fingerprint density at radius 1 is 0.333 bits per heavy atom. The van der Waals surface area contributed by atoms with E-state index in [-0.39, 0.29) is 92.7 Å². The molecule has 69 heavy (non-hydrogen) atoms. The zero-order valence-corrected chi connectivity index (χ0v) is 40.8. The number of carbonyl (C=O) groups excluding carboxylic acids is 8. The molecule has 0 aliphatic carbocycles. The van der Waals surface area contributed by atoms with Crippen molar-refractivity contribution in [3.8, 4) is 0 Å². The Labute approximate surface area is 412 Å². The van der Waals surface area contributed by atoms with Crippen molar-refractivity contribution in [2.45, 2.75) is 81.1 Å². The SMILES string of the molecule is CCOOC(=O)c1cccc(CC)c1C(=O)[O-].CCOOC(=O)c1cccc(CC)c1C(=O)[O-].CCOOC(=O)c1cccc(CC)c1C(=O)[O-].CCOOC(=O)c1cccc(CC)c1C(=O)[O-].[Ti+4]. The number of carboxylic acid groups (broad SMARTS) is 4. The van der Waals surface area contributed by atoms with Crippen LogP contribution in [0.1, 0.15) is 161 Å². The predicted octanol–water partition coefficient (Wildman–Crippen LogP) is 2.88. The number of carbonyl (C=O) groups is 8. The third-order valence-electron chi connectivity index (χ3n) is 8.83. The van der Waals surface area contributed by atoms with Gasteiger partial charge in [0.15, 0.2) is 0 Å². The molecule has 0 aliphatic heterocycles. The first-order valence-corrected chi connectivity index (χ1v) is 21.1. The van der Waals surface area contributed by atoms with Crippen molar-refractivity contribution in [2.24, 2.45) is 0 Å². The molecule has 0 bridgehead atoms. The molecule has 0 radical (unpaired) electrons. The third-order valence-corrected chi connectivity index (χ3v) is 8.83. The standard InChI is InChI=1S/4C12H14O5.Ti/c4*1-3-8-6-5-7-9(10(8)11(13)14)12(15)17-16-4-2;/h4*5-7H,3-4H2,1-2H3,(H,13,14);/q;;;;+4/p-4. The zero-order chi connectivity index (χ0) is 51.3. The van der Waals surface area contributed by atoms with Gasteiger partial charge in [-0.15, -0.1) is 0 Å². The fourth-order valence-electron chi connectivity index (χ4n) is 5.85. The molecule has 368 valence electrons. The van der Waals surface area contributed by atoms with Crippen LogP contribution in [0, 0.1) is 0 Å². The molecular formula is C48H52O20Ti. The van der Waals surface area contributed by atoms with E-state index in [0.29, 0.717) is 47.9 Å². The van der Waals surface area contributed by atoms with E-state index in [1.807, 2.05) is 0 Å². The van der Waals surface area contributed by atoms with Gasteiger partial charge in [0.05, 0.1) is 72.6 Å². The van der Waals surface area contributed by atoms with Crippen molar-refractivity contribution < 1.29 is 120 Å². The van der Waals surface area contributed by atoms with Crippen molar-refractivity contribution in [1.29, 1.82) is 0 Å². The molecule has 4 rings (SSSR count). The summed E-state index contributed by atoms with van der Waals surface area (Å²) < 4.78 is 0. The predicted molar refractivity (Wildman–Crippen MR) is 229 cm³/mol. The first kappa shape index (κ1) is 62.2. The minimum absolute atomic E-state index is 0. The van der Waals surface area contributed by atoms with Crippen LogP contribution >= 0.6 is 0 Å². The average molecular weight is 997 g/mol. The molecule has 4 aromatic rings. The maximum absolute atomic E-state index is 11.6. The Kier molecular flexibility index (Phi) is 30.3. The van der Waals surface area contributed by atoms with Crippen LogP contribution in [0.2, 0.25) is 0 Å². The smallest absolute Gasteiger partial charge is 0.545 e. The van der Waals surface area contributed by atoms with Gasteiger partial charge in [0.1, 0.15) is 0 Å². The molecule has 20 nitrogen and oxygen atoms in total. The van der Waals surface area contributed by atoms with Gasteiger partial charge in [-0.2, -0.15) is 19.6 Å². The molecule has 0 aromatic heterocycles. The van der Waals surface area contributed by atoms with Gasteiger partial charge in [-0.25, -0.2) is 19.2 Å². The van der Waals surface area contributed by atoms with Crippen LogP contribution in [0.4, 0.5) is 0 Å². The van der Waals surface area contributed by atoms with Crippen molar-refractivity contribution in [2.75, 3.05) is 26.4 Å². The largest absolute Gasteiger partial charge is 4.00 e. The molecular weight excluding hydrogens is 944 g/mol. The quantitative estimate of drug-likeness (QED) is 0.0698. The van der Waals surface area contributed by atoms with Crippen LogP contribution in [-0.4, -0.2) is 74.2 Å². The molecule has 0 saturated heterocycles. The monoisotopic (exact) mass is 996 g/mol. The van der Waals surface area contributed by atoms with Gasteiger partial charge in [-0.05, 0) is 99.9 Å². The van der Waals surface area contributed by atoms with Crippen LogP contribution in [0.3, 0.4) is 0 Å². The summed E-state index contributed by atoms with van der Waals surface area (Å²) in [5.41, 5.74) is 1.31. The zero-order valence-electron chi connectivity index (χ0n) is 39.3. The van der Waals surface area contributed by atoms with Crippen LogP contribution in [0.15, 0.2) is 72.8 Å². The number of rotatable bonds is 20. The van der Waals surface area contributed by atoms with Gasteiger partial charge < -0.3 is 39.6 Å². The van der Waals surface area contributed by atoms with Crippen LogP contribution in [0.5, 0.6) is 0 Å². The number of hydrogen-bond acceptors (Lipinski definition) is 20. The minimum Gasteiger partial charge on any atom is -0.545 e. The molecule has 0 spiro atoms. The van der Waals surface area contributed by atoms with Gasteiger partial charge >= 0.3 is 45.6 Å². The van der Waals surface area contributed by atoms with E-state index in [2.05, 4.69) is 39.1 Å². The number of aryl methyl sites for hydroxylation is 4. The van der Waals surface area contributed by atoms with E-state index in [9.17, 15) is 58.8 Å². The summed E-state index contributed by atoms with van der Waals surface area (Å²) in [5, 5.41) is 44.1. The number of carboxylic acids is 4. The first-order chi connectivity index (χ1) is 32.5.